The highest BCUT2D eigenvalue weighted by Crippen LogP contribution is 2.41. The molecule has 0 bridgehead atoms. The molecule has 2 heterocycles. The van der Waals surface area contributed by atoms with Crippen LogP contribution in [0.3, 0.4) is 0 Å². The number of pyridine rings is 1. The van der Waals surface area contributed by atoms with E-state index in [9.17, 15) is 30.1 Å². The molecule has 0 aliphatic carbocycles. The fourth-order valence-electron chi connectivity index (χ4n) is 5.78. The number of ether oxygens (including phenoxy) is 1. The van der Waals surface area contributed by atoms with E-state index in [2.05, 4.69) is 11.4 Å². The number of hydrogen-bond donors (Lipinski definition) is 4. The number of hydroxylamine groups is 1. The van der Waals surface area contributed by atoms with Gasteiger partial charge >= 0.3 is 0 Å². The molecule has 0 radical (unpaired) electrons. The van der Waals surface area contributed by atoms with Crippen LogP contribution in [0.4, 0.5) is 15.9 Å². The molecule has 240 valence electrons. The summed E-state index contributed by atoms with van der Waals surface area (Å²) in [5, 5.41) is 52.0. The summed E-state index contributed by atoms with van der Waals surface area (Å²) in [5.41, 5.74) is 5.24. The number of rotatable bonds is 8. The molecule has 12 heteroatoms. The van der Waals surface area contributed by atoms with Crippen LogP contribution in [-0.2, 0) is 4.79 Å². The number of carbonyl (C=O) groups is 1. The van der Waals surface area contributed by atoms with E-state index in [1.54, 1.807) is 43.5 Å². The summed E-state index contributed by atoms with van der Waals surface area (Å²) in [5.74, 6) is -0.971. The maximum absolute atomic E-state index is 14.9. The summed E-state index contributed by atoms with van der Waals surface area (Å²) in [4.78, 5) is 18.5. The third-order valence-corrected chi connectivity index (χ3v) is 8.34. The van der Waals surface area contributed by atoms with E-state index in [0.717, 1.165) is 18.5 Å². The van der Waals surface area contributed by atoms with Crippen LogP contribution in [0.2, 0.25) is 0 Å². The number of nitrogens with one attached hydrogen (secondary N) is 2. The number of halogens is 1. The molecule has 0 unspecified atom stereocenters. The van der Waals surface area contributed by atoms with Gasteiger partial charge in [-0.15, -0.1) is 0 Å². The van der Waals surface area contributed by atoms with Crippen LogP contribution >= 0.6 is 0 Å². The first-order valence-electron chi connectivity index (χ1n) is 14.9. The van der Waals surface area contributed by atoms with E-state index in [4.69, 9.17) is 14.9 Å². The third kappa shape index (κ3) is 6.59. The Morgan fingerprint density at radius 3 is 2.31 bits per heavy atom. The average molecular weight is 644 g/mol. The lowest BCUT2D eigenvalue weighted by Crippen LogP contribution is -2.40. The summed E-state index contributed by atoms with van der Waals surface area (Å²) in [7, 11) is 1.44. The van der Waals surface area contributed by atoms with Crippen LogP contribution in [0.1, 0.15) is 36.5 Å². The molecular weight excluding hydrogens is 613 g/mol. The molecule has 4 aromatic rings. The molecule has 1 aromatic heterocycles. The lowest BCUT2D eigenvalue weighted by molar-refractivity contribution is -0.124. The molecular formula is C36H30FN7O4. The number of aromatic hydroxyl groups is 1. The highest BCUT2D eigenvalue weighted by atomic mass is 19.1. The largest absolute Gasteiger partial charge is 0.504 e. The monoisotopic (exact) mass is 643 g/mol. The van der Waals surface area contributed by atoms with Crippen LogP contribution in [0, 0.1) is 39.8 Å². The van der Waals surface area contributed by atoms with Gasteiger partial charge in [0.15, 0.2) is 11.5 Å². The van der Waals surface area contributed by atoms with Gasteiger partial charge in [-0.25, -0.2) is 14.9 Å². The molecule has 0 saturated carbocycles. The zero-order chi connectivity index (χ0) is 34.4. The van der Waals surface area contributed by atoms with Gasteiger partial charge in [-0.1, -0.05) is 24.3 Å². The van der Waals surface area contributed by atoms with E-state index < -0.39 is 11.7 Å². The maximum Gasteiger partial charge on any atom is 0.285 e. The Labute approximate surface area is 276 Å². The number of nitriles is 3. The summed E-state index contributed by atoms with van der Waals surface area (Å²) in [6, 6.07) is 22.3. The number of piperidine rings is 1. The fourth-order valence-corrected chi connectivity index (χ4v) is 5.78. The zero-order valence-electron chi connectivity index (χ0n) is 26.1. The second kappa shape index (κ2) is 14.3. The van der Waals surface area contributed by atoms with Gasteiger partial charge in [-0.3, -0.25) is 10.0 Å². The number of hydrogen-bond acceptors (Lipinski definition) is 10. The summed E-state index contributed by atoms with van der Waals surface area (Å²) in [6.07, 6.45) is 3.04. The van der Waals surface area contributed by atoms with Gasteiger partial charge in [-0.05, 0) is 78.4 Å². The van der Waals surface area contributed by atoms with Crippen LogP contribution in [0.5, 0.6) is 11.5 Å². The van der Waals surface area contributed by atoms with Gasteiger partial charge in [0.2, 0.25) is 0 Å². The molecule has 48 heavy (non-hydrogen) atoms. The highest BCUT2D eigenvalue weighted by Gasteiger charge is 2.26. The van der Waals surface area contributed by atoms with Crippen molar-refractivity contribution in [1.82, 2.24) is 10.5 Å². The topological polar surface area (TPSA) is 178 Å². The van der Waals surface area contributed by atoms with Gasteiger partial charge in [0.25, 0.3) is 5.91 Å². The number of benzene rings is 3. The molecule has 5 rings (SSSR count). The number of phenols is 1. The zero-order valence-corrected chi connectivity index (χ0v) is 26.1. The summed E-state index contributed by atoms with van der Waals surface area (Å²) < 4.78 is 20.0. The third-order valence-electron chi connectivity index (χ3n) is 8.34. The number of allylic oxidation sites excluding steroid dienone is 1. The van der Waals surface area contributed by atoms with Crippen molar-refractivity contribution in [2.24, 2.45) is 0 Å². The number of aromatic nitrogens is 1. The van der Waals surface area contributed by atoms with E-state index in [1.165, 1.54) is 30.8 Å². The molecule has 1 fully saturated rings. The Balaban J connectivity index is 1.41. The van der Waals surface area contributed by atoms with Crippen molar-refractivity contribution in [3.8, 4) is 52.0 Å². The van der Waals surface area contributed by atoms with Crippen molar-refractivity contribution in [1.29, 1.82) is 15.8 Å². The Morgan fingerprint density at radius 1 is 1.02 bits per heavy atom. The Bertz CT molecular complexity index is 2030. The van der Waals surface area contributed by atoms with Crippen molar-refractivity contribution >= 4 is 23.0 Å². The number of anilines is 2. The van der Waals surface area contributed by atoms with E-state index >= 15 is 0 Å². The molecule has 1 aliphatic rings. The van der Waals surface area contributed by atoms with Crippen LogP contribution in [-0.4, -0.2) is 47.4 Å². The Morgan fingerprint density at radius 2 is 1.73 bits per heavy atom. The van der Waals surface area contributed by atoms with Crippen LogP contribution in [0.15, 0.2) is 72.4 Å². The van der Waals surface area contributed by atoms with E-state index in [-0.39, 0.29) is 34.2 Å². The van der Waals surface area contributed by atoms with Gasteiger partial charge in [0.05, 0.1) is 12.7 Å². The van der Waals surface area contributed by atoms with Gasteiger partial charge in [0.1, 0.15) is 41.0 Å². The molecule has 1 aliphatic heterocycles. The molecule has 11 nitrogen and oxygen atoms in total. The van der Waals surface area contributed by atoms with Gasteiger partial charge in [-0.2, -0.15) is 15.8 Å². The Kier molecular flexibility index (Phi) is 9.85. The van der Waals surface area contributed by atoms with Crippen LogP contribution in [0.25, 0.3) is 27.8 Å². The normalized spacial score (nSPS) is 13.4. The second-order valence-electron chi connectivity index (χ2n) is 11.1. The smallest absolute Gasteiger partial charge is 0.285 e. The first-order valence-corrected chi connectivity index (χ1v) is 14.9. The predicted molar refractivity (Wildman–Crippen MR) is 176 cm³/mol. The van der Waals surface area contributed by atoms with Crippen molar-refractivity contribution in [2.45, 2.75) is 25.8 Å². The number of phenolic OH excluding ortho intramolecular Hbond substituents is 1. The first kappa shape index (κ1) is 33.0. The minimum Gasteiger partial charge on any atom is -0.504 e. The molecule has 1 amide bonds. The lowest BCUT2D eigenvalue weighted by atomic mass is 9.91. The first-order chi connectivity index (χ1) is 23.2. The molecule has 0 atom stereocenters. The number of methoxy groups -OCH3 is 1. The standard InChI is InChI=1S/C36H30FN7O4/c1-21(28(18-39)36(46)43-47)22-5-8-26(9-6-22)42-27-11-13-44(14-12-27)35-29(19-40)34(24-3-4-25(17-38)31(37)15-24)30(20-41-35)23-7-10-33(48-2)32(45)16-23/h3-10,15-16,20,27,42,45,47H,11-14H2,1-2H3,(H,43,46). The van der Waals surface area contributed by atoms with Crippen LogP contribution < -0.4 is 20.4 Å². The quantitative estimate of drug-likeness (QED) is 0.0782. The van der Waals surface area contributed by atoms with Crippen molar-refractivity contribution in [3.63, 3.8) is 0 Å². The molecule has 3 aromatic carbocycles. The predicted octanol–water partition coefficient (Wildman–Crippen LogP) is 5.90. The second-order valence-corrected chi connectivity index (χ2v) is 11.1. The molecule has 4 N–H and O–H groups in total. The fraction of sp³-hybridized carbons (Fsp3) is 0.194. The highest BCUT2D eigenvalue weighted by molar-refractivity contribution is 6.04. The number of carbonyl (C=O) groups excluding carboxylic acids is 1. The number of amides is 1. The minimum absolute atomic E-state index is 0.105. The average Bonchev–Trinajstić information content (AvgIpc) is 3.11. The number of nitrogens with zero attached hydrogens (tertiary/aromatic N) is 5. The summed E-state index contributed by atoms with van der Waals surface area (Å²) in [6.45, 7) is 2.78. The minimum atomic E-state index is -0.871. The molecule has 1 saturated heterocycles. The molecule has 0 spiro atoms. The van der Waals surface area contributed by atoms with Crippen molar-refractivity contribution in [2.75, 3.05) is 30.4 Å². The van der Waals surface area contributed by atoms with E-state index in [0.29, 0.717) is 52.3 Å². The van der Waals surface area contributed by atoms with Crippen molar-refractivity contribution < 1.29 is 24.2 Å². The van der Waals surface area contributed by atoms with Gasteiger partial charge < -0.3 is 20.1 Å². The van der Waals surface area contributed by atoms with E-state index in [1.807, 2.05) is 29.2 Å². The van der Waals surface area contributed by atoms with Crippen molar-refractivity contribution in [3.05, 3.63) is 94.9 Å². The lowest BCUT2D eigenvalue weighted by Gasteiger charge is -2.34. The van der Waals surface area contributed by atoms with Gasteiger partial charge in [0, 0.05) is 42.1 Å². The SMILES string of the molecule is COc1ccc(-c2cnc(N3CCC(Nc4ccc(C(C)=C(C#N)C(=O)NO)cc4)CC3)c(C#N)c2-c2ccc(C#N)c(F)c2)cc1O. The Hall–Kier alpha value is -6.42. The summed E-state index contributed by atoms with van der Waals surface area (Å²) >= 11 is 0. The maximum atomic E-state index is 14.9.